The van der Waals surface area contributed by atoms with Gasteiger partial charge in [0.1, 0.15) is 0 Å². The summed E-state index contributed by atoms with van der Waals surface area (Å²) in [5.74, 6) is 0. The van der Waals surface area contributed by atoms with Crippen LogP contribution in [0.4, 0.5) is 0 Å². The largest absolute Gasteiger partial charge is 0.253 e. The Morgan fingerprint density at radius 2 is 2.00 bits per heavy atom. The first-order valence-corrected chi connectivity index (χ1v) is 6.27. The van der Waals surface area contributed by atoms with Crippen LogP contribution in [0, 0.1) is 6.92 Å². The van der Waals surface area contributed by atoms with Crippen LogP contribution in [0.5, 0.6) is 0 Å². The molecule has 0 N–H and O–H groups in total. The molecule has 1 atom stereocenters. The Kier molecular flexibility index (Phi) is 4.84. The molecule has 0 saturated carbocycles. The predicted molar refractivity (Wildman–Crippen MR) is 81.3 cm³/mol. The van der Waals surface area contributed by atoms with Gasteiger partial charge in [0, 0.05) is 11.3 Å². The van der Waals surface area contributed by atoms with Crippen molar-refractivity contribution in [2.45, 2.75) is 27.7 Å². The van der Waals surface area contributed by atoms with Crippen molar-refractivity contribution in [2.24, 2.45) is 4.99 Å². The zero-order valence-electron chi connectivity index (χ0n) is 11.0. The lowest BCUT2D eigenvalue weighted by atomic mass is 10.0. The molecular formula is C15H20NP. The van der Waals surface area contributed by atoms with Crippen LogP contribution in [0.2, 0.25) is 0 Å². The summed E-state index contributed by atoms with van der Waals surface area (Å²) in [6, 6.07) is 6.38. The summed E-state index contributed by atoms with van der Waals surface area (Å²) in [5, 5.41) is 1.21. The second-order valence-electron chi connectivity index (χ2n) is 4.24. The third kappa shape index (κ3) is 3.64. The molecular weight excluding hydrogens is 225 g/mol. The molecule has 2 heteroatoms. The Morgan fingerprint density at radius 3 is 2.47 bits per heavy atom. The Hall–Kier alpha value is -1.20. The summed E-state index contributed by atoms with van der Waals surface area (Å²) in [6.07, 6.45) is 2.07. The van der Waals surface area contributed by atoms with Crippen molar-refractivity contribution < 1.29 is 0 Å². The lowest BCUT2D eigenvalue weighted by Gasteiger charge is -2.09. The molecule has 1 aromatic rings. The van der Waals surface area contributed by atoms with Crippen LogP contribution in [-0.2, 0) is 0 Å². The van der Waals surface area contributed by atoms with Crippen molar-refractivity contribution in [3.05, 3.63) is 53.3 Å². The van der Waals surface area contributed by atoms with E-state index in [1.54, 1.807) is 0 Å². The molecule has 1 nitrogen and oxygen atoms in total. The van der Waals surface area contributed by atoms with Crippen LogP contribution in [0.3, 0.4) is 0 Å². The number of nitrogens with zero attached hydrogens (tertiary/aromatic N) is 1. The summed E-state index contributed by atoms with van der Waals surface area (Å²) in [4.78, 5) is 4.53. The molecule has 0 aliphatic carbocycles. The van der Waals surface area contributed by atoms with E-state index in [2.05, 4.69) is 58.9 Å². The van der Waals surface area contributed by atoms with Crippen molar-refractivity contribution >= 4 is 20.3 Å². The van der Waals surface area contributed by atoms with Crippen molar-refractivity contribution in [3.8, 4) is 0 Å². The first-order valence-electron chi connectivity index (χ1n) is 5.69. The topological polar surface area (TPSA) is 12.4 Å². The molecule has 1 unspecified atom stereocenters. The van der Waals surface area contributed by atoms with Gasteiger partial charge in [-0.2, -0.15) is 0 Å². The highest BCUT2D eigenvalue weighted by atomic mass is 31.0. The first-order chi connectivity index (χ1) is 7.95. The smallest absolute Gasteiger partial charge is 0.0730 e. The average molecular weight is 245 g/mol. The van der Waals surface area contributed by atoms with E-state index >= 15 is 0 Å². The number of aliphatic imine (C=N–C) groups is 1. The monoisotopic (exact) mass is 245 g/mol. The summed E-state index contributed by atoms with van der Waals surface area (Å²) in [5.41, 5.74) is 5.41. The van der Waals surface area contributed by atoms with Gasteiger partial charge in [-0.15, -0.1) is 9.24 Å². The maximum absolute atomic E-state index is 4.53. The van der Waals surface area contributed by atoms with Crippen LogP contribution in [-0.4, -0.2) is 5.71 Å². The normalized spacial score (nSPS) is 12.8. The van der Waals surface area contributed by atoms with Gasteiger partial charge >= 0.3 is 0 Å². The van der Waals surface area contributed by atoms with Gasteiger partial charge in [-0.3, -0.25) is 4.99 Å². The molecule has 0 amide bonds. The molecule has 90 valence electrons. The van der Waals surface area contributed by atoms with Gasteiger partial charge < -0.3 is 0 Å². The molecule has 0 spiro atoms. The van der Waals surface area contributed by atoms with Crippen LogP contribution in [0.1, 0.15) is 31.9 Å². The minimum atomic E-state index is 0.826. The first kappa shape index (κ1) is 13.9. The zero-order valence-corrected chi connectivity index (χ0v) is 12.2. The second kappa shape index (κ2) is 5.93. The highest BCUT2D eigenvalue weighted by molar-refractivity contribution is 7.27. The fraction of sp³-hybridized carbons (Fsp3) is 0.267. The SMILES string of the molecule is C=C(C)/N=C(\C(C)=C/C)c1ccc(C)c(P)c1. The van der Waals surface area contributed by atoms with E-state index in [0.29, 0.717) is 0 Å². The van der Waals surface area contributed by atoms with Crippen molar-refractivity contribution in [3.63, 3.8) is 0 Å². The van der Waals surface area contributed by atoms with E-state index in [1.165, 1.54) is 16.4 Å². The van der Waals surface area contributed by atoms with Gasteiger partial charge in [-0.05, 0) is 50.2 Å². The molecule has 1 rings (SSSR count). The minimum absolute atomic E-state index is 0.826. The molecule has 1 aromatic carbocycles. The molecule has 0 aromatic heterocycles. The van der Waals surface area contributed by atoms with Gasteiger partial charge in [-0.25, -0.2) is 0 Å². The van der Waals surface area contributed by atoms with E-state index in [9.17, 15) is 0 Å². The van der Waals surface area contributed by atoms with Gasteiger partial charge in [0.2, 0.25) is 0 Å². The fourth-order valence-corrected chi connectivity index (χ4v) is 1.77. The number of aryl methyl sites for hydroxylation is 1. The Bertz CT molecular complexity index is 496. The van der Waals surface area contributed by atoms with Crippen molar-refractivity contribution in [1.82, 2.24) is 0 Å². The van der Waals surface area contributed by atoms with Crippen LogP contribution in [0.15, 0.2) is 47.1 Å². The maximum atomic E-state index is 4.53. The minimum Gasteiger partial charge on any atom is -0.253 e. The standard InChI is InChI=1S/C15H20NP/c1-6-11(4)15(16-10(2)3)13-8-7-12(5)14(17)9-13/h6-9H,2,17H2,1,3-5H3/b11-6-,16-15+. The van der Waals surface area contributed by atoms with Gasteiger partial charge in [0.25, 0.3) is 0 Å². The average Bonchev–Trinajstić information content (AvgIpc) is 2.28. The number of rotatable bonds is 3. The van der Waals surface area contributed by atoms with Gasteiger partial charge in [0.15, 0.2) is 0 Å². The highest BCUT2D eigenvalue weighted by Crippen LogP contribution is 2.13. The summed E-state index contributed by atoms with van der Waals surface area (Å²) in [6.45, 7) is 12.0. The Morgan fingerprint density at radius 1 is 1.35 bits per heavy atom. The van der Waals surface area contributed by atoms with Crippen LogP contribution >= 0.6 is 9.24 Å². The Balaban J connectivity index is 3.33. The van der Waals surface area contributed by atoms with Crippen molar-refractivity contribution in [2.75, 3.05) is 0 Å². The number of allylic oxidation sites excluding steroid dienone is 3. The molecule has 0 heterocycles. The fourth-order valence-electron chi connectivity index (χ4n) is 1.50. The van der Waals surface area contributed by atoms with E-state index in [0.717, 1.165) is 17.0 Å². The molecule has 0 aliphatic rings. The predicted octanol–water partition coefficient (Wildman–Crippen LogP) is 3.78. The van der Waals surface area contributed by atoms with E-state index < -0.39 is 0 Å². The summed E-state index contributed by atoms with van der Waals surface area (Å²) in [7, 11) is 2.76. The third-order valence-corrected chi connectivity index (χ3v) is 3.28. The molecule has 0 radical (unpaired) electrons. The van der Waals surface area contributed by atoms with E-state index in [1.807, 2.05) is 13.8 Å². The van der Waals surface area contributed by atoms with Gasteiger partial charge in [-0.1, -0.05) is 24.8 Å². The van der Waals surface area contributed by atoms with Crippen LogP contribution < -0.4 is 5.30 Å². The highest BCUT2D eigenvalue weighted by Gasteiger charge is 2.06. The molecule has 0 aliphatic heterocycles. The lowest BCUT2D eigenvalue weighted by molar-refractivity contribution is 1.30. The van der Waals surface area contributed by atoms with Gasteiger partial charge in [0.05, 0.1) is 5.71 Å². The lowest BCUT2D eigenvalue weighted by Crippen LogP contribution is -2.07. The number of benzene rings is 1. The summed E-state index contributed by atoms with van der Waals surface area (Å²) < 4.78 is 0. The summed E-state index contributed by atoms with van der Waals surface area (Å²) >= 11 is 0. The van der Waals surface area contributed by atoms with Crippen molar-refractivity contribution in [1.29, 1.82) is 0 Å². The molecule has 0 saturated heterocycles. The van der Waals surface area contributed by atoms with Crippen LogP contribution in [0.25, 0.3) is 0 Å². The third-order valence-electron chi connectivity index (χ3n) is 2.66. The molecule has 0 bridgehead atoms. The van der Waals surface area contributed by atoms with E-state index in [-0.39, 0.29) is 0 Å². The second-order valence-corrected chi connectivity index (χ2v) is 4.86. The number of hydrogen-bond acceptors (Lipinski definition) is 1. The van der Waals surface area contributed by atoms with E-state index in [4.69, 9.17) is 0 Å². The molecule has 17 heavy (non-hydrogen) atoms. The Labute approximate surface area is 107 Å². The molecule has 0 fully saturated rings. The maximum Gasteiger partial charge on any atom is 0.0730 e. The quantitative estimate of drug-likeness (QED) is 0.567. The number of hydrogen-bond donors (Lipinski definition) is 0. The zero-order chi connectivity index (χ0) is 13.0.